The van der Waals surface area contributed by atoms with Gasteiger partial charge in [0, 0.05) is 37.5 Å². The van der Waals surface area contributed by atoms with E-state index in [4.69, 9.17) is 4.84 Å². The maximum absolute atomic E-state index is 12.7. The Morgan fingerprint density at radius 1 is 1.14 bits per heavy atom. The molecule has 0 aromatic rings. The zero-order valence-electron chi connectivity index (χ0n) is 17.8. The Morgan fingerprint density at radius 3 is 2.62 bits per heavy atom. The molecule has 6 heteroatoms. The molecule has 6 nitrogen and oxygen atoms in total. The minimum absolute atomic E-state index is 0.00268. The summed E-state index contributed by atoms with van der Waals surface area (Å²) in [7, 11) is 0. The third kappa shape index (κ3) is 2.85. The number of ketones is 1. The lowest BCUT2D eigenvalue weighted by Gasteiger charge is -2.63. The predicted molar refractivity (Wildman–Crippen MR) is 109 cm³/mol. The van der Waals surface area contributed by atoms with Gasteiger partial charge in [0.15, 0.2) is 6.10 Å². The van der Waals surface area contributed by atoms with E-state index < -0.39 is 6.10 Å². The number of carbonyl (C=O) groups is 1. The highest BCUT2D eigenvalue weighted by atomic mass is 16.6. The van der Waals surface area contributed by atoms with E-state index in [1.165, 1.54) is 0 Å². The lowest BCUT2D eigenvalue weighted by molar-refractivity contribution is -0.189. The molecule has 1 aliphatic heterocycles. The molecule has 5 rings (SSSR count). The largest absolute Gasteiger partial charge is 0.396 e. The van der Waals surface area contributed by atoms with Crippen LogP contribution in [0.5, 0.6) is 0 Å². The van der Waals surface area contributed by atoms with E-state index in [-0.39, 0.29) is 47.2 Å². The van der Waals surface area contributed by atoms with Gasteiger partial charge >= 0.3 is 0 Å². The molecule has 162 valence electrons. The fourth-order valence-electron chi connectivity index (χ4n) is 7.83. The van der Waals surface area contributed by atoms with Gasteiger partial charge in [-0.1, -0.05) is 19.0 Å². The molecule has 3 N–H and O–H groups in total. The molecule has 0 radical (unpaired) electrons. The number of hydrogen-bond donors (Lipinski definition) is 3. The summed E-state index contributed by atoms with van der Waals surface area (Å²) in [5.74, 6) is 1.29. The van der Waals surface area contributed by atoms with Crippen LogP contribution in [-0.4, -0.2) is 53.6 Å². The normalized spacial score (nSPS) is 51.2. The number of hydrogen-bond acceptors (Lipinski definition) is 6. The zero-order chi connectivity index (χ0) is 20.4. The van der Waals surface area contributed by atoms with Crippen molar-refractivity contribution in [2.24, 2.45) is 45.6 Å². The first-order valence-electron chi connectivity index (χ1n) is 11.6. The van der Waals surface area contributed by atoms with Gasteiger partial charge in [0.2, 0.25) is 0 Å². The van der Waals surface area contributed by atoms with Gasteiger partial charge in [-0.3, -0.25) is 4.79 Å². The fraction of sp³-hybridized carbons (Fsp3) is 0.913. The SMILES string of the molecule is C[C@]12CCC(=NOC3CNC3)CC1[C@@H](CO)[C@@H](O)[C@@H]1[C@@H]2CC[C@]2(C)C(=O)CC[C@@H]12. The van der Waals surface area contributed by atoms with E-state index in [1.54, 1.807) is 0 Å². The summed E-state index contributed by atoms with van der Waals surface area (Å²) in [5.41, 5.74) is 0.902. The molecular formula is C23H36N2O4. The number of nitrogens with one attached hydrogen (secondary N) is 1. The van der Waals surface area contributed by atoms with Gasteiger partial charge in [0.05, 0.1) is 11.8 Å². The van der Waals surface area contributed by atoms with Crippen LogP contribution < -0.4 is 5.32 Å². The lowest BCUT2D eigenvalue weighted by Crippen LogP contribution is -2.62. The summed E-state index contributed by atoms with van der Waals surface area (Å²) in [6, 6.07) is 0. The number of nitrogens with zero attached hydrogens (tertiary/aromatic N) is 1. The molecule has 8 atom stereocenters. The summed E-state index contributed by atoms with van der Waals surface area (Å²) >= 11 is 0. The van der Waals surface area contributed by atoms with Gasteiger partial charge in [-0.25, -0.2) is 0 Å². The molecule has 4 aliphatic carbocycles. The number of Topliss-reactive ketones (excluding diaryl/α,β-unsaturated/α-hetero) is 1. The van der Waals surface area contributed by atoms with Gasteiger partial charge in [-0.2, -0.15) is 0 Å². The van der Waals surface area contributed by atoms with Crippen LogP contribution >= 0.6 is 0 Å². The van der Waals surface area contributed by atoms with Crippen molar-refractivity contribution in [3.05, 3.63) is 0 Å². The molecule has 0 amide bonds. The van der Waals surface area contributed by atoms with Crippen LogP contribution in [0.2, 0.25) is 0 Å². The van der Waals surface area contributed by atoms with Crippen LogP contribution in [0, 0.1) is 40.4 Å². The van der Waals surface area contributed by atoms with Gasteiger partial charge in [-0.15, -0.1) is 0 Å². The molecule has 5 fully saturated rings. The molecule has 29 heavy (non-hydrogen) atoms. The molecule has 4 saturated carbocycles. The molecule has 1 saturated heterocycles. The van der Waals surface area contributed by atoms with E-state index in [9.17, 15) is 15.0 Å². The van der Waals surface area contributed by atoms with Crippen molar-refractivity contribution < 1.29 is 19.8 Å². The highest BCUT2D eigenvalue weighted by Gasteiger charge is 2.64. The van der Waals surface area contributed by atoms with Gasteiger partial charge in [0.1, 0.15) is 5.78 Å². The number of rotatable bonds is 3. The van der Waals surface area contributed by atoms with Crippen molar-refractivity contribution in [1.82, 2.24) is 5.32 Å². The fourth-order valence-corrected chi connectivity index (χ4v) is 7.83. The van der Waals surface area contributed by atoms with Crippen LogP contribution in [0.1, 0.15) is 58.8 Å². The van der Waals surface area contributed by atoms with E-state index in [1.807, 2.05) is 0 Å². The summed E-state index contributed by atoms with van der Waals surface area (Å²) in [6.07, 6.45) is 5.96. The number of fused-ring (bicyclic) bond motifs is 5. The molecule has 0 aromatic heterocycles. The van der Waals surface area contributed by atoms with Crippen molar-refractivity contribution in [1.29, 1.82) is 0 Å². The van der Waals surface area contributed by atoms with Gasteiger partial charge in [-0.05, 0) is 67.6 Å². The lowest BCUT2D eigenvalue weighted by atomic mass is 9.42. The number of aliphatic hydroxyl groups is 2. The van der Waals surface area contributed by atoms with Crippen molar-refractivity contribution in [3.8, 4) is 0 Å². The Morgan fingerprint density at radius 2 is 1.93 bits per heavy atom. The number of oxime groups is 1. The van der Waals surface area contributed by atoms with Crippen LogP contribution in [-0.2, 0) is 9.63 Å². The Bertz CT molecular complexity index is 707. The van der Waals surface area contributed by atoms with Gasteiger partial charge in [0.25, 0.3) is 0 Å². The summed E-state index contributed by atoms with van der Waals surface area (Å²) in [5, 5.41) is 29.4. The van der Waals surface area contributed by atoms with E-state index in [0.29, 0.717) is 18.1 Å². The third-order valence-corrected chi connectivity index (χ3v) is 9.78. The quantitative estimate of drug-likeness (QED) is 0.627. The highest BCUT2D eigenvalue weighted by molar-refractivity contribution is 5.87. The molecular weight excluding hydrogens is 368 g/mol. The minimum atomic E-state index is -0.533. The van der Waals surface area contributed by atoms with Crippen molar-refractivity contribution in [3.63, 3.8) is 0 Å². The van der Waals surface area contributed by atoms with Gasteiger partial charge < -0.3 is 20.4 Å². The first-order valence-corrected chi connectivity index (χ1v) is 11.6. The average molecular weight is 405 g/mol. The molecule has 0 aromatic carbocycles. The van der Waals surface area contributed by atoms with Crippen LogP contribution in [0.15, 0.2) is 5.16 Å². The van der Waals surface area contributed by atoms with Crippen molar-refractivity contribution in [2.75, 3.05) is 19.7 Å². The molecule has 0 spiro atoms. The maximum Gasteiger partial charge on any atom is 0.152 e. The monoisotopic (exact) mass is 404 g/mol. The molecule has 1 unspecified atom stereocenters. The molecule has 5 aliphatic rings. The van der Waals surface area contributed by atoms with E-state index >= 15 is 0 Å². The zero-order valence-corrected chi connectivity index (χ0v) is 17.8. The highest BCUT2D eigenvalue weighted by Crippen LogP contribution is 2.66. The van der Waals surface area contributed by atoms with Crippen LogP contribution in [0.3, 0.4) is 0 Å². The predicted octanol–water partition coefficient (Wildman–Crippen LogP) is 2.13. The van der Waals surface area contributed by atoms with Crippen LogP contribution in [0.25, 0.3) is 0 Å². The second kappa shape index (κ2) is 7.03. The third-order valence-electron chi connectivity index (χ3n) is 9.78. The second-order valence-corrected chi connectivity index (χ2v) is 10.9. The maximum atomic E-state index is 12.7. The minimum Gasteiger partial charge on any atom is -0.396 e. The molecule has 0 bridgehead atoms. The summed E-state index contributed by atoms with van der Waals surface area (Å²) in [4.78, 5) is 18.3. The standard InChI is InChI=1S/C23H36N2O4/c1-22-7-5-13(25-29-14-10-24-11-14)9-18(22)15(12-26)21(28)20-16-3-4-19(27)23(16,2)8-6-17(20)22/h14-18,20-21,24,26,28H,3-12H2,1-2H3/t15-,16+,17+,18?,20+,21-,22-,23+/m1/s1. The summed E-state index contributed by atoms with van der Waals surface area (Å²) in [6.45, 7) is 6.24. The van der Waals surface area contributed by atoms with Crippen molar-refractivity contribution in [2.45, 2.75) is 71.0 Å². The number of aliphatic hydroxyl groups excluding tert-OH is 2. The van der Waals surface area contributed by atoms with E-state index in [0.717, 1.165) is 57.3 Å². The first-order chi connectivity index (χ1) is 13.9. The Kier molecular flexibility index (Phi) is 4.84. The van der Waals surface area contributed by atoms with Crippen molar-refractivity contribution >= 4 is 11.5 Å². The Hall–Kier alpha value is -0.980. The van der Waals surface area contributed by atoms with E-state index in [2.05, 4.69) is 24.3 Å². The topological polar surface area (TPSA) is 91.2 Å². The number of carbonyl (C=O) groups excluding carboxylic acids is 1. The second-order valence-electron chi connectivity index (χ2n) is 10.9. The van der Waals surface area contributed by atoms with Crippen LogP contribution in [0.4, 0.5) is 0 Å². The Labute approximate surface area is 173 Å². The smallest absolute Gasteiger partial charge is 0.152 e. The first kappa shape index (κ1) is 20.0. The average Bonchev–Trinajstić information content (AvgIpc) is 2.97. The molecule has 1 heterocycles. The summed E-state index contributed by atoms with van der Waals surface area (Å²) < 4.78 is 0. The Balaban J connectivity index is 1.43.